The quantitative estimate of drug-likeness (QED) is 0.847. The summed E-state index contributed by atoms with van der Waals surface area (Å²) in [5.41, 5.74) is 1.42. The first-order valence-corrected chi connectivity index (χ1v) is 7.38. The summed E-state index contributed by atoms with van der Waals surface area (Å²) in [6.07, 6.45) is 8.00. The molecule has 0 N–H and O–H groups in total. The Labute approximate surface area is 121 Å². The zero-order valence-electron chi connectivity index (χ0n) is 10.7. The number of rotatable bonds is 2. The third-order valence-corrected chi connectivity index (χ3v) is 4.18. The van der Waals surface area contributed by atoms with Crippen LogP contribution < -0.4 is 4.90 Å². The molecule has 0 aromatic carbocycles. The standard InChI is InChI=1S/C15H16BrN3/c16-14-1-2-15(18-11-14)19-9-5-13(6-10-19)12-3-7-17-8-4-12/h1-4,7-8,11,13H,5-6,9-10H2. The van der Waals surface area contributed by atoms with Crippen LogP contribution in [0.15, 0.2) is 47.3 Å². The van der Waals surface area contributed by atoms with Crippen molar-refractivity contribution in [1.82, 2.24) is 9.97 Å². The van der Waals surface area contributed by atoms with Gasteiger partial charge < -0.3 is 4.90 Å². The van der Waals surface area contributed by atoms with E-state index in [1.54, 1.807) is 0 Å². The normalized spacial score (nSPS) is 16.6. The third kappa shape index (κ3) is 2.95. The molecule has 3 rings (SSSR count). The van der Waals surface area contributed by atoms with Crippen molar-refractivity contribution < 1.29 is 0 Å². The fraction of sp³-hybridized carbons (Fsp3) is 0.333. The van der Waals surface area contributed by atoms with E-state index in [9.17, 15) is 0 Å². The Balaban J connectivity index is 1.65. The van der Waals surface area contributed by atoms with E-state index in [0.29, 0.717) is 5.92 Å². The second-order valence-corrected chi connectivity index (χ2v) is 5.79. The topological polar surface area (TPSA) is 29.0 Å². The maximum atomic E-state index is 4.47. The number of hydrogen-bond acceptors (Lipinski definition) is 3. The van der Waals surface area contributed by atoms with Crippen LogP contribution >= 0.6 is 15.9 Å². The smallest absolute Gasteiger partial charge is 0.128 e. The van der Waals surface area contributed by atoms with Crippen LogP contribution in [0.5, 0.6) is 0 Å². The van der Waals surface area contributed by atoms with Crippen LogP contribution in [-0.4, -0.2) is 23.1 Å². The van der Waals surface area contributed by atoms with Crippen LogP contribution in [0.1, 0.15) is 24.3 Å². The number of piperidine rings is 1. The third-order valence-electron chi connectivity index (χ3n) is 3.71. The van der Waals surface area contributed by atoms with E-state index in [1.807, 2.05) is 18.6 Å². The number of anilines is 1. The van der Waals surface area contributed by atoms with Crippen LogP contribution in [0.2, 0.25) is 0 Å². The maximum Gasteiger partial charge on any atom is 0.128 e. The molecule has 1 aliphatic rings. The minimum atomic E-state index is 0.662. The number of hydrogen-bond donors (Lipinski definition) is 0. The van der Waals surface area contributed by atoms with E-state index in [4.69, 9.17) is 0 Å². The average molecular weight is 318 g/mol. The van der Waals surface area contributed by atoms with Gasteiger partial charge in [-0.1, -0.05) is 0 Å². The highest BCUT2D eigenvalue weighted by Gasteiger charge is 2.21. The molecule has 2 aromatic rings. The molecule has 0 radical (unpaired) electrons. The summed E-state index contributed by atoms with van der Waals surface area (Å²) >= 11 is 3.42. The van der Waals surface area contributed by atoms with Crippen molar-refractivity contribution in [3.05, 3.63) is 52.9 Å². The zero-order chi connectivity index (χ0) is 13.1. The molecule has 0 atom stereocenters. The van der Waals surface area contributed by atoms with Crippen LogP contribution in [0.3, 0.4) is 0 Å². The Morgan fingerprint density at radius 2 is 1.79 bits per heavy atom. The first-order valence-electron chi connectivity index (χ1n) is 6.59. The van der Waals surface area contributed by atoms with Crippen LogP contribution in [0.25, 0.3) is 0 Å². The van der Waals surface area contributed by atoms with Gasteiger partial charge >= 0.3 is 0 Å². The fourth-order valence-corrected chi connectivity index (χ4v) is 2.87. The van der Waals surface area contributed by atoms with E-state index >= 15 is 0 Å². The highest BCUT2D eigenvalue weighted by atomic mass is 79.9. The van der Waals surface area contributed by atoms with Crippen LogP contribution in [0.4, 0.5) is 5.82 Å². The van der Waals surface area contributed by atoms with Gasteiger partial charge in [-0.15, -0.1) is 0 Å². The van der Waals surface area contributed by atoms with Crippen molar-refractivity contribution in [3.63, 3.8) is 0 Å². The van der Waals surface area contributed by atoms with Crippen molar-refractivity contribution >= 4 is 21.7 Å². The summed E-state index contributed by atoms with van der Waals surface area (Å²) in [5, 5.41) is 0. The Hall–Kier alpha value is -1.42. The van der Waals surface area contributed by atoms with Gasteiger partial charge in [0.15, 0.2) is 0 Å². The van der Waals surface area contributed by atoms with Gasteiger partial charge in [0.1, 0.15) is 5.82 Å². The highest BCUT2D eigenvalue weighted by Crippen LogP contribution is 2.29. The van der Waals surface area contributed by atoms with Crippen molar-refractivity contribution in [1.29, 1.82) is 0 Å². The second-order valence-electron chi connectivity index (χ2n) is 4.88. The molecule has 0 saturated carbocycles. The monoisotopic (exact) mass is 317 g/mol. The summed E-state index contributed by atoms with van der Waals surface area (Å²) in [5.74, 6) is 1.74. The molecule has 3 heterocycles. The van der Waals surface area contributed by atoms with Gasteiger partial charge in [-0.3, -0.25) is 4.98 Å². The summed E-state index contributed by atoms with van der Waals surface area (Å²) in [4.78, 5) is 10.9. The summed E-state index contributed by atoms with van der Waals surface area (Å²) in [7, 11) is 0. The first-order chi connectivity index (χ1) is 9.33. The van der Waals surface area contributed by atoms with Crippen molar-refractivity contribution in [2.45, 2.75) is 18.8 Å². The Kier molecular flexibility index (Phi) is 3.78. The van der Waals surface area contributed by atoms with Gasteiger partial charge in [-0.2, -0.15) is 0 Å². The van der Waals surface area contributed by atoms with Crippen LogP contribution in [0, 0.1) is 0 Å². The molecule has 98 valence electrons. The Morgan fingerprint density at radius 3 is 2.42 bits per heavy atom. The zero-order valence-corrected chi connectivity index (χ0v) is 12.3. The van der Waals surface area contributed by atoms with E-state index in [2.05, 4.69) is 55.1 Å². The van der Waals surface area contributed by atoms with Crippen LogP contribution in [-0.2, 0) is 0 Å². The number of pyridine rings is 2. The second kappa shape index (κ2) is 5.70. The minimum absolute atomic E-state index is 0.662. The molecule has 1 aliphatic heterocycles. The maximum absolute atomic E-state index is 4.47. The predicted molar refractivity (Wildman–Crippen MR) is 80.4 cm³/mol. The van der Waals surface area contributed by atoms with E-state index < -0.39 is 0 Å². The molecule has 0 spiro atoms. The first kappa shape index (κ1) is 12.6. The summed E-state index contributed by atoms with van der Waals surface area (Å²) in [6.45, 7) is 2.14. The van der Waals surface area contributed by atoms with Gasteiger partial charge in [-0.25, -0.2) is 4.98 Å². The van der Waals surface area contributed by atoms with Gasteiger partial charge in [0, 0.05) is 36.2 Å². The fourth-order valence-electron chi connectivity index (χ4n) is 2.63. The van der Waals surface area contributed by atoms with Crippen molar-refractivity contribution in [3.8, 4) is 0 Å². The average Bonchev–Trinajstić information content (AvgIpc) is 2.49. The van der Waals surface area contributed by atoms with Gasteiger partial charge in [0.25, 0.3) is 0 Å². The lowest BCUT2D eigenvalue weighted by Crippen LogP contribution is -2.33. The molecule has 4 heteroatoms. The van der Waals surface area contributed by atoms with E-state index in [1.165, 1.54) is 18.4 Å². The molecule has 0 aliphatic carbocycles. The van der Waals surface area contributed by atoms with Gasteiger partial charge in [0.2, 0.25) is 0 Å². The number of nitrogens with zero attached hydrogens (tertiary/aromatic N) is 3. The molecular weight excluding hydrogens is 302 g/mol. The molecule has 0 unspecified atom stereocenters. The lowest BCUT2D eigenvalue weighted by molar-refractivity contribution is 0.502. The molecule has 0 bridgehead atoms. The molecule has 1 saturated heterocycles. The molecule has 1 fully saturated rings. The Bertz CT molecular complexity index is 519. The summed E-state index contributed by atoms with van der Waals surface area (Å²) in [6, 6.07) is 8.41. The molecule has 2 aromatic heterocycles. The molecule has 3 nitrogen and oxygen atoms in total. The van der Waals surface area contributed by atoms with Crippen molar-refractivity contribution in [2.75, 3.05) is 18.0 Å². The molecule has 0 amide bonds. The number of halogens is 1. The lowest BCUT2D eigenvalue weighted by atomic mass is 9.90. The minimum Gasteiger partial charge on any atom is -0.357 e. The summed E-state index contributed by atoms with van der Waals surface area (Å²) < 4.78 is 1.03. The van der Waals surface area contributed by atoms with Gasteiger partial charge in [0.05, 0.1) is 0 Å². The largest absolute Gasteiger partial charge is 0.357 e. The number of aromatic nitrogens is 2. The van der Waals surface area contributed by atoms with Gasteiger partial charge in [-0.05, 0) is 64.5 Å². The lowest BCUT2D eigenvalue weighted by Gasteiger charge is -2.33. The predicted octanol–water partition coefficient (Wildman–Crippen LogP) is 3.62. The van der Waals surface area contributed by atoms with Crippen molar-refractivity contribution in [2.24, 2.45) is 0 Å². The van der Waals surface area contributed by atoms with E-state index in [-0.39, 0.29) is 0 Å². The Morgan fingerprint density at radius 1 is 1.05 bits per heavy atom. The molecule has 19 heavy (non-hydrogen) atoms. The SMILES string of the molecule is Brc1ccc(N2CCC(c3ccncc3)CC2)nc1. The molecular formula is C15H16BrN3. The van der Waals surface area contributed by atoms with E-state index in [0.717, 1.165) is 23.4 Å². The highest BCUT2D eigenvalue weighted by molar-refractivity contribution is 9.10.